The number of hydrogen-bond donors (Lipinski definition) is 2. The molecule has 0 spiro atoms. The molecule has 2 N–H and O–H groups in total. The second-order valence-corrected chi connectivity index (χ2v) is 17.4. The highest BCUT2D eigenvalue weighted by molar-refractivity contribution is 7.45. The van der Waals surface area contributed by atoms with Crippen molar-refractivity contribution < 1.29 is 32.9 Å². The van der Waals surface area contributed by atoms with Gasteiger partial charge in [-0.3, -0.25) is 9.36 Å². The molecule has 0 aliphatic carbocycles. The van der Waals surface area contributed by atoms with Crippen LogP contribution >= 0.6 is 7.82 Å². The normalized spacial score (nSPS) is 15.2. The van der Waals surface area contributed by atoms with Crippen LogP contribution in [0.4, 0.5) is 0 Å². The minimum atomic E-state index is -4.61. The molecule has 0 aromatic carbocycles. The highest BCUT2D eigenvalue weighted by Crippen LogP contribution is 2.38. The predicted molar refractivity (Wildman–Crippen MR) is 246 cm³/mol. The SMILES string of the molecule is CC/C=C\C/C=C\C/C=C\C/C=C\C/C=C\CCCCCCCC(=O)NC(COP(=O)([O-])OCC[N+](C)(C)C)C(O)/C=C/CC/C=C/CC/C=C/CCCCCCC. The van der Waals surface area contributed by atoms with Crippen LogP contribution in [0.5, 0.6) is 0 Å². The number of rotatable bonds is 39. The molecule has 58 heavy (non-hydrogen) atoms. The van der Waals surface area contributed by atoms with E-state index in [0.717, 1.165) is 103 Å². The summed E-state index contributed by atoms with van der Waals surface area (Å²) >= 11 is 0. The van der Waals surface area contributed by atoms with E-state index < -0.39 is 26.6 Å². The number of unbranched alkanes of at least 4 members (excludes halogenated alkanes) is 12. The number of amides is 1. The van der Waals surface area contributed by atoms with Crippen LogP contribution < -0.4 is 10.2 Å². The summed E-state index contributed by atoms with van der Waals surface area (Å²) in [6.45, 7) is 4.44. The van der Waals surface area contributed by atoms with E-state index in [1.165, 1.54) is 32.1 Å². The van der Waals surface area contributed by atoms with Crippen molar-refractivity contribution in [3.8, 4) is 0 Å². The Morgan fingerprint density at radius 2 is 1.07 bits per heavy atom. The van der Waals surface area contributed by atoms with Gasteiger partial charge >= 0.3 is 0 Å². The van der Waals surface area contributed by atoms with Crippen LogP contribution in [-0.4, -0.2) is 68.5 Å². The molecule has 0 rings (SSSR count). The van der Waals surface area contributed by atoms with Crippen LogP contribution in [-0.2, 0) is 18.4 Å². The highest BCUT2D eigenvalue weighted by atomic mass is 31.2. The van der Waals surface area contributed by atoms with Crippen molar-refractivity contribution in [2.45, 2.75) is 167 Å². The van der Waals surface area contributed by atoms with Crippen molar-refractivity contribution in [2.24, 2.45) is 0 Å². The summed E-state index contributed by atoms with van der Waals surface area (Å²) in [6, 6.07) is -0.925. The van der Waals surface area contributed by atoms with Gasteiger partial charge in [-0.1, -0.05) is 156 Å². The summed E-state index contributed by atoms with van der Waals surface area (Å²) in [5, 5.41) is 13.7. The number of nitrogens with zero attached hydrogens (tertiary/aromatic N) is 1. The maximum Gasteiger partial charge on any atom is 0.268 e. The summed E-state index contributed by atoms with van der Waals surface area (Å²) in [5.41, 5.74) is 0. The van der Waals surface area contributed by atoms with Gasteiger partial charge < -0.3 is 28.8 Å². The molecule has 0 saturated heterocycles. The van der Waals surface area contributed by atoms with E-state index in [9.17, 15) is 19.4 Å². The number of carbonyl (C=O) groups excluding carboxylic acids is 1. The van der Waals surface area contributed by atoms with Gasteiger partial charge in [0.2, 0.25) is 5.91 Å². The Morgan fingerprint density at radius 1 is 0.621 bits per heavy atom. The van der Waals surface area contributed by atoms with Gasteiger partial charge in [0.1, 0.15) is 13.2 Å². The second kappa shape index (κ2) is 39.9. The van der Waals surface area contributed by atoms with Crippen LogP contribution in [0.2, 0.25) is 0 Å². The zero-order valence-corrected chi connectivity index (χ0v) is 38.3. The predicted octanol–water partition coefficient (Wildman–Crippen LogP) is 12.1. The largest absolute Gasteiger partial charge is 0.756 e. The van der Waals surface area contributed by atoms with Crippen LogP contribution in [0.25, 0.3) is 0 Å². The molecule has 9 heteroatoms. The fraction of sp³-hybridized carbons (Fsp3) is 0.653. The molecule has 0 aromatic rings. The van der Waals surface area contributed by atoms with Crippen LogP contribution in [0.15, 0.2) is 97.2 Å². The van der Waals surface area contributed by atoms with Crippen LogP contribution in [0, 0.1) is 0 Å². The lowest BCUT2D eigenvalue weighted by Gasteiger charge is -2.29. The number of phosphoric ester groups is 1. The topological polar surface area (TPSA) is 108 Å². The first-order chi connectivity index (χ1) is 28.0. The van der Waals surface area contributed by atoms with E-state index in [2.05, 4.69) is 104 Å². The summed E-state index contributed by atoms with van der Waals surface area (Å²) in [7, 11) is 1.20. The quantitative estimate of drug-likeness (QED) is 0.0276. The van der Waals surface area contributed by atoms with Gasteiger partial charge in [0.15, 0.2) is 0 Å². The number of aliphatic hydroxyl groups is 1. The van der Waals surface area contributed by atoms with Gasteiger partial charge in [-0.05, 0) is 89.9 Å². The first kappa shape index (κ1) is 55.4. The zero-order valence-electron chi connectivity index (χ0n) is 37.5. The summed E-state index contributed by atoms with van der Waals surface area (Å²) < 4.78 is 23.2. The molecule has 0 aromatic heterocycles. The molecule has 1 amide bonds. The van der Waals surface area contributed by atoms with E-state index in [1.54, 1.807) is 6.08 Å². The number of phosphoric acid groups is 1. The summed E-state index contributed by atoms with van der Waals surface area (Å²) in [6.07, 6.45) is 56.0. The molecule has 0 fully saturated rings. The molecule has 8 nitrogen and oxygen atoms in total. The van der Waals surface area contributed by atoms with Crippen molar-refractivity contribution in [2.75, 3.05) is 40.9 Å². The first-order valence-corrected chi connectivity index (χ1v) is 24.1. The van der Waals surface area contributed by atoms with Crippen LogP contribution in [0.1, 0.15) is 155 Å². The lowest BCUT2D eigenvalue weighted by atomic mass is 10.1. The number of carbonyl (C=O) groups is 1. The first-order valence-electron chi connectivity index (χ1n) is 22.6. The maximum absolute atomic E-state index is 12.9. The average Bonchev–Trinajstić information content (AvgIpc) is 3.17. The third-order valence-electron chi connectivity index (χ3n) is 9.26. The Hall–Kier alpha value is -2.58. The van der Waals surface area contributed by atoms with Crippen molar-refractivity contribution in [3.05, 3.63) is 97.2 Å². The fourth-order valence-corrected chi connectivity index (χ4v) is 6.40. The highest BCUT2D eigenvalue weighted by Gasteiger charge is 2.23. The number of aliphatic hydroxyl groups excluding tert-OH is 1. The van der Waals surface area contributed by atoms with Crippen LogP contribution in [0.3, 0.4) is 0 Å². The number of hydrogen-bond acceptors (Lipinski definition) is 6. The molecular formula is C49H85N2O6P. The van der Waals surface area contributed by atoms with E-state index in [0.29, 0.717) is 17.4 Å². The van der Waals surface area contributed by atoms with E-state index in [4.69, 9.17) is 9.05 Å². The summed E-state index contributed by atoms with van der Waals surface area (Å²) in [4.78, 5) is 25.3. The monoisotopic (exact) mass is 829 g/mol. The fourth-order valence-electron chi connectivity index (χ4n) is 5.68. The van der Waals surface area contributed by atoms with E-state index in [1.807, 2.05) is 27.2 Å². The molecule has 0 aliphatic rings. The van der Waals surface area contributed by atoms with Gasteiger partial charge in [0.25, 0.3) is 7.82 Å². The Morgan fingerprint density at radius 3 is 1.60 bits per heavy atom. The smallest absolute Gasteiger partial charge is 0.268 e. The van der Waals surface area contributed by atoms with Gasteiger partial charge in [0, 0.05) is 6.42 Å². The Labute approximate surface area is 356 Å². The van der Waals surface area contributed by atoms with Gasteiger partial charge in [-0.15, -0.1) is 0 Å². The number of likely N-dealkylation sites (N-methyl/N-ethyl adjacent to an activating group) is 1. The Balaban J connectivity index is 4.53. The lowest BCUT2D eigenvalue weighted by molar-refractivity contribution is -0.870. The number of quaternary nitrogens is 1. The van der Waals surface area contributed by atoms with Crippen molar-refractivity contribution >= 4 is 13.7 Å². The van der Waals surface area contributed by atoms with Gasteiger partial charge in [-0.2, -0.15) is 0 Å². The van der Waals surface area contributed by atoms with Gasteiger partial charge in [0.05, 0.1) is 39.9 Å². The molecule has 332 valence electrons. The van der Waals surface area contributed by atoms with Gasteiger partial charge in [-0.25, -0.2) is 0 Å². The molecule has 3 atom stereocenters. The average molecular weight is 829 g/mol. The standard InChI is InChI=1S/C49H85N2O6P/c1-6-8-10-12-14-16-18-20-22-23-24-25-26-27-29-31-33-35-37-39-41-43-49(53)50-47(46-57-58(54,55)56-45-44-51(3,4)5)48(52)42-40-38-36-34-32-30-28-21-19-17-15-13-11-9-7-2/h8,10,14,16,19-22,24-25,27,29,32,34,40,42,47-48,52H,6-7,9,11-13,15,17-18,23,26,28,30-31,33,35-39,41,43-46H2,1-5H3,(H-,50,53,54,55)/b10-8-,16-14-,21-19+,22-20-,25-24-,29-27-,34-32+,42-40+. The molecule has 0 radical (unpaired) electrons. The molecular weight excluding hydrogens is 744 g/mol. The zero-order chi connectivity index (χ0) is 42.8. The molecule has 0 heterocycles. The van der Waals surface area contributed by atoms with Crippen molar-refractivity contribution in [1.29, 1.82) is 0 Å². The lowest BCUT2D eigenvalue weighted by Crippen LogP contribution is -2.45. The number of nitrogens with one attached hydrogen (secondary N) is 1. The Kier molecular flexibility index (Phi) is 38.1. The molecule has 0 bridgehead atoms. The molecule has 0 aliphatic heterocycles. The molecule has 0 saturated carbocycles. The van der Waals surface area contributed by atoms with E-state index >= 15 is 0 Å². The molecule has 3 unspecified atom stereocenters. The third-order valence-corrected chi connectivity index (χ3v) is 10.2. The minimum Gasteiger partial charge on any atom is -0.756 e. The minimum absolute atomic E-state index is 0.0188. The Bertz CT molecular complexity index is 1260. The second-order valence-electron chi connectivity index (χ2n) is 16.0. The maximum atomic E-state index is 12.9. The van der Waals surface area contributed by atoms with Crippen molar-refractivity contribution in [1.82, 2.24) is 5.32 Å². The number of allylic oxidation sites excluding steroid dienone is 15. The third kappa shape index (κ3) is 41.6. The van der Waals surface area contributed by atoms with E-state index in [-0.39, 0.29) is 12.5 Å². The van der Waals surface area contributed by atoms with Crippen molar-refractivity contribution in [3.63, 3.8) is 0 Å². The summed E-state index contributed by atoms with van der Waals surface area (Å²) in [5.74, 6) is -0.236.